The molecule has 1 unspecified atom stereocenters. The molecule has 136 valence electrons. The molecule has 1 aromatic heterocycles. The van der Waals surface area contributed by atoms with Gasteiger partial charge in [0.2, 0.25) is 0 Å². The van der Waals surface area contributed by atoms with E-state index in [1.54, 1.807) is 0 Å². The second-order valence-corrected chi connectivity index (χ2v) is 8.37. The lowest BCUT2D eigenvalue weighted by Crippen LogP contribution is -2.06. The van der Waals surface area contributed by atoms with E-state index in [1.807, 2.05) is 30.5 Å². The highest BCUT2D eigenvalue weighted by atomic mass is 32.2. The number of imidazole rings is 1. The topological polar surface area (TPSA) is 17.8 Å². The van der Waals surface area contributed by atoms with Crippen LogP contribution in [0.15, 0.2) is 90.3 Å². The van der Waals surface area contributed by atoms with Crippen molar-refractivity contribution in [3.63, 3.8) is 0 Å². The fourth-order valence-corrected chi connectivity index (χ4v) is 5.02. The van der Waals surface area contributed by atoms with Gasteiger partial charge in [0.15, 0.2) is 0 Å². The smallest absolute Gasteiger partial charge is 0.0946 e. The zero-order chi connectivity index (χ0) is 18.6. The molecule has 3 aromatic carbocycles. The average Bonchev–Trinajstić information content (AvgIpc) is 3.20. The Hall–Kier alpha value is -2.52. The van der Waals surface area contributed by atoms with E-state index in [2.05, 4.69) is 90.1 Å². The Morgan fingerprint density at radius 1 is 0.889 bits per heavy atom. The third-order valence-corrected chi connectivity index (χ3v) is 6.23. The fourth-order valence-electron chi connectivity index (χ4n) is 3.53. The second-order valence-electron chi connectivity index (χ2n) is 7.13. The van der Waals surface area contributed by atoms with Crippen molar-refractivity contribution in [2.75, 3.05) is 0 Å². The molecule has 1 heterocycles. The molecule has 0 fully saturated rings. The minimum absolute atomic E-state index is 0.310. The molecule has 0 saturated carbocycles. The summed E-state index contributed by atoms with van der Waals surface area (Å²) in [5.41, 5.74) is 2.80. The van der Waals surface area contributed by atoms with E-state index in [1.165, 1.54) is 26.8 Å². The fraction of sp³-hybridized carbons (Fsp3) is 0.208. The minimum atomic E-state index is 0.310. The predicted molar refractivity (Wildman–Crippen MR) is 115 cm³/mol. The van der Waals surface area contributed by atoms with Gasteiger partial charge in [-0.25, -0.2) is 4.98 Å². The molecular weight excluding hydrogens is 348 g/mol. The van der Waals surface area contributed by atoms with Gasteiger partial charge in [0, 0.05) is 23.8 Å². The van der Waals surface area contributed by atoms with Crippen LogP contribution in [0.2, 0.25) is 0 Å². The average molecular weight is 373 g/mol. The first-order valence-electron chi connectivity index (χ1n) is 9.41. The molecule has 4 rings (SSSR count). The number of hydrogen-bond donors (Lipinski definition) is 0. The lowest BCUT2D eigenvalue weighted by molar-refractivity contribution is 0.685. The quantitative estimate of drug-likeness (QED) is 0.351. The van der Waals surface area contributed by atoms with Crippen molar-refractivity contribution in [3.8, 4) is 0 Å². The molecule has 4 aromatic rings. The normalized spacial score (nSPS) is 12.6. The van der Waals surface area contributed by atoms with Gasteiger partial charge < -0.3 is 4.57 Å². The van der Waals surface area contributed by atoms with E-state index in [9.17, 15) is 0 Å². The number of rotatable bonds is 6. The van der Waals surface area contributed by atoms with Crippen molar-refractivity contribution < 1.29 is 0 Å². The molecule has 0 radical (unpaired) electrons. The van der Waals surface area contributed by atoms with E-state index < -0.39 is 0 Å². The number of thioether (sulfide) groups is 1. The molecule has 3 heteroatoms. The molecule has 0 spiro atoms. The van der Waals surface area contributed by atoms with Crippen LogP contribution in [0.5, 0.6) is 0 Å². The van der Waals surface area contributed by atoms with Crippen LogP contribution in [0.25, 0.3) is 10.8 Å². The Labute approximate surface area is 165 Å². The maximum atomic E-state index is 4.24. The largest absolute Gasteiger partial charge is 0.336 e. The van der Waals surface area contributed by atoms with Crippen molar-refractivity contribution in [2.45, 2.75) is 36.5 Å². The SMILES string of the molecule is CC(C)c1ccccc1SC(Cn1ccnc1)c1cccc2ccccc12. The monoisotopic (exact) mass is 372 g/mol. The highest BCUT2D eigenvalue weighted by Crippen LogP contribution is 2.42. The molecule has 0 aliphatic rings. The number of hydrogen-bond acceptors (Lipinski definition) is 2. The zero-order valence-electron chi connectivity index (χ0n) is 15.7. The van der Waals surface area contributed by atoms with Crippen LogP contribution >= 0.6 is 11.8 Å². The summed E-state index contributed by atoms with van der Waals surface area (Å²) in [6, 6.07) is 24.1. The molecule has 0 aliphatic heterocycles. The molecule has 0 aliphatic carbocycles. The predicted octanol–water partition coefficient (Wildman–Crippen LogP) is 6.69. The second kappa shape index (κ2) is 8.01. The molecule has 27 heavy (non-hydrogen) atoms. The maximum absolute atomic E-state index is 4.24. The summed E-state index contributed by atoms with van der Waals surface area (Å²) in [5.74, 6) is 0.509. The van der Waals surface area contributed by atoms with Gasteiger partial charge in [-0.15, -0.1) is 11.8 Å². The standard InChI is InChI=1S/C24H24N2S/c1-18(2)20-10-5-6-13-23(20)27-24(16-26-15-14-25-17-26)22-12-7-9-19-8-3-4-11-21(19)22/h3-15,17-18,24H,16H2,1-2H3. The third-order valence-electron chi connectivity index (χ3n) is 4.92. The molecule has 0 bridgehead atoms. The van der Waals surface area contributed by atoms with Gasteiger partial charge in [-0.05, 0) is 33.9 Å². The van der Waals surface area contributed by atoms with Crippen LogP contribution < -0.4 is 0 Å². The number of nitrogens with zero attached hydrogens (tertiary/aromatic N) is 2. The number of aromatic nitrogens is 2. The molecule has 1 atom stereocenters. The highest BCUT2D eigenvalue weighted by Gasteiger charge is 2.19. The van der Waals surface area contributed by atoms with Gasteiger partial charge in [0.05, 0.1) is 11.6 Å². The Morgan fingerprint density at radius 2 is 1.63 bits per heavy atom. The van der Waals surface area contributed by atoms with E-state index >= 15 is 0 Å². The van der Waals surface area contributed by atoms with Crippen molar-refractivity contribution in [2.24, 2.45) is 0 Å². The molecule has 0 saturated heterocycles. The summed E-state index contributed by atoms with van der Waals surface area (Å²) < 4.78 is 2.18. The summed E-state index contributed by atoms with van der Waals surface area (Å²) in [6.07, 6.45) is 5.81. The first kappa shape index (κ1) is 17.9. The summed E-state index contributed by atoms with van der Waals surface area (Å²) in [5, 5.41) is 2.94. The molecule has 0 amide bonds. The van der Waals surface area contributed by atoms with E-state index in [4.69, 9.17) is 0 Å². The maximum Gasteiger partial charge on any atom is 0.0946 e. The molecule has 2 nitrogen and oxygen atoms in total. The van der Waals surface area contributed by atoms with Crippen LogP contribution in [0.3, 0.4) is 0 Å². The van der Waals surface area contributed by atoms with Crippen LogP contribution in [-0.2, 0) is 6.54 Å². The number of benzene rings is 3. The third kappa shape index (κ3) is 3.93. The Morgan fingerprint density at radius 3 is 2.44 bits per heavy atom. The van der Waals surface area contributed by atoms with Gasteiger partial charge in [-0.3, -0.25) is 0 Å². The first-order valence-corrected chi connectivity index (χ1v) is 10.3. The van der Waals surface area contributed by atoms with Crippen LogP contribution in [0.4, 0.5) is 0 Å². The van der Waals surface area contributed by atoms with Gasteiger partial charge in [-0.1, -0.05) is 74.5 Å². The summed E-state index contributed by atoms with van der Waals surface area (Å²) in [7, 11) is 0. The Bertz CT molecular complexity index is 1020. The van der Waals surface area contributed by atoms with Crippen LogP contribution in [0.1, 0.15) is 36.1 Å². The zero-order valence-corrected chi connectivity index (χ0v) is 16.6. The van der Waals surface area contributed by atoms with E-state index in [0.29, 0.717) is 11.2 Å². The summed E-state index contributed by atoms with van der Waals surface area (Å²) >= 11 is 1.96. The van der Waals surface area contributed by atoms with Crippen molar-refractivity contribution >= 4 is 22.5 Å². The Kier molecular flexibility index (Phi) is 5.30. The Balaban J connectivity index is 1.78. The van der Waals surface area contributed by atoms with E-state index in [-0.39, 0.29) is 0 Å². The van der Waals surface area contributed by atoms with Crippen molar-refractivity contribution in [3.05, 3.63) is 96.6 Å². The van der Waals surface area contributed by atoms with Crippen LogP contribution in [0, 0.1) is 0 Å². The molecule has 0 N–H and O–H groups in total. The molecular formula is C24H24N2S. The summed E-state index contributed by atoms with van der Waals surface area (Å²) in [4.78, 5) is 5.60. The lowest BCUT2D eigenvalue weighted by Gasteiger charge is -2.22. The van der Waals surface area contributed by atoms with Crippen LogP contribution in [-0.4, -0.2) is 9.55 Å². The van der Waals surface area contributed by atoms with Gasteiger partial charge in [0.25, 0.3) is 0 Å². The van der Waals surface area contributed by atoms with Crippen molar-refractivity contribution in [1.29, 1.82) is 0 Å². The number of fused-ring (bicyclic) bond motifs is 1. The van der Waals surface area contributed by atoms with Gasteiger partial charge in [0.1, 0.15) is 0 Å². The van der Waals surface area contributed by atoms with Crippen molar-refractivity contribution in [1.82, 2.24) is 9.55 Å². The minimum Gasteiger partial charge on any atom is -0.336 e. The first-order chi connectivity index (χ1) is 13.2. The summed E-state index contributed by atoms with van der Waals surface area (Å²) in [6.45, 7) is 5.43. The van der Waals surface area contributed by atoms with Gasteiger partial charge >= 0.3 is 0 Å². The van der Waals surface area contributed by atoms with Gasteiger partial charge in [-0.2, -0.15) is 0 Å². The highest BCUT2D eigenvalue weighted by molar-refractivity contribution is 7.99. The van der Waals surface area contributed by atoms with E-state index in [0.717, 1.165) is 6.54 Å². The lowest BCUT2D eigenvalue weighted by atomic mass is 10.0.